The molecule has 3 heterocycles. The quantitative estimate of drug-likeness (QED) is 0.825. The van der Waals surface area contributed by atoms with Crippen molar-refractivity contribution in [3.63, 3.8) is 0 Å². The Kier molecular flexibility index (Phi) is 3.20. The van der Waals surface area contributed by atoms with E-state index < -0.39 is 10.0 Å². The minimum atomic E-state index is -3.50. The number of fused-ring (bicyclic) bond motifs is 1. The third-order valence-corrected chi connectivity index (χ3v) is 5.46. The summed E-state index contributed by atoms with van der Waals surface area (Å²) in [5.41, 5.74) is 5.54. The number of hydrogen-bond donors (Lipinski definition) is 2. The number of aromatic nitrogens is 1. The lowest BCUT2D eigenvalue weighted by molar-refractivity contribution is 0.309. The monoisotopic (exact) mass is 282 g/mol. The minimum absolute atomic E-state index is 0.0156. The first-order valence-corrected chi connectivity index (χ1v) is 8.02. The van der Waals surface area contributed by atoms with Gasteiger partial charge in [-0.3, -0.25) is 4.90 Å². The first kappa shape index (κ1) is 12.8. The predicted molar refractivity (Wildman–Crippen MR) is 72.0 cm³/mol. The van der Waals surface area contributed by atoms with Gasteiger partial charge in [-0.05, 0) is 31.9 Å². The number of hydrogen-bond acceptors (Lipinski definition) is 5. The molecular formula is C12H18N4O2S. The van der Waals surface area contributed by atoms with Crippen LogP contribution in [-0.4, -0.2) is 43.5 Å². The fourth-order valence-corrected chi connectivity index (χ4v) is 4.41. The molecule has 0 aliphatic carbocycles. The van der Waals surface area contributed by atoms with Crippen molar-refractivity contribution in [3.05, 3.63) is 18.3 Å². The third-order valence-electron chi connectivity index (χ3n) is 3.98. The zero-order chi connectivity index (χ0) is 13.5. The van der Waals surface area contributed by atoms with Crippen LogP contribution in [-0.2, 0) is 10.0 Å². The summed E-state index contributed by atoms with van der Waals surface area (Å²) in [4.78, 5) is 6.38. The highest BCUT2D eigenvalue weighted by atomic mass is 32.2. The van der Waals surface area contributed by atoms with Gasteiger partial charge >= 0.3 is 0 Å². The molecule has 0 radical (unpaired) electrons. The van der Waals surface area contributed by atoms with Crippen LogP contribution in [0, 0.1) is 0 Å². The second-order valence-corrected chi connectivity index (χ2v) is 6.89. The van der Waals surface area contributed by atoms with Crippen LogP contribution in [0.25, 0.3) is 0 Å². The molecule has 2 unspecified atom stereocenters. The van der Waals surface area contributed by atoms with Crippen LogP contribution in [0.3, 0.4) is 0 Å². The number of nitrogens with two attached hydrogens (primary N) is 1. The number of rotatable bonds is 3. The largest absolute Gasteiger partial charge is 0.384 e. The SMILES string of the molecule is Nc1cc(S(=O)(=O)NC2CCN3CCCC23)ccn1. The molecular weight excluding hydrogens is 264 g/mol. The van der Waals surface area contributed by atoms with Crippen LogP contribution >= 0.6 is 0 Å². The summed E-state index contributed by atoms with van der Waals surface area (Å²) >= 11 is 0. The van der Waals surface area contributed by atoms with Crippen molar-refractivity contribution in [1.82, 2.24) is 14.6 Å². The molecule has 0 saturated carbocycles. The molecule has 7 heteroatoms. The molecule has 2 saturated heterocycles. The Morgan fingerprint density at radius 1 is 1.37 bits per heavy atom. The van der Waals surface area contributed by atoms with Crippen molar-refractivity contribution in [3.8, 4) is 0 Å². The number of anilines is 1. The highest BCUT2D eigenvalue weighted by Gasteiger charge is 2.39. The molecule has 2 fully saturated rings. The maximum absolute atomic E-state index is 12.3. The summed E-state index contributed by atoms with van der Waals surface area (Å²) in [6.07, 6.45) is 4.53. The summed E-state index contributed by atoms with van der Waals surface area (Å²) in [6.45, 7) is 2.07. The van der Waals surface area contributed by atoms with Crippen molar-refractivity contribution in [2.45, 2.75) is 36.2 Å². The molecule has 2 aliphatic rings. The van der Waals surface area contributed by atoms with Gasteiger partial charge in [0.15, 0.2) is 0 Å². The van der Waals surface area contributed by atoms with Gasteiger partial charge < -0.3 is 5.73 Å². The highest BCUT2D eigenvalue weighted by molar-refractivity contribution is 7.89. The number of nitrogens with zero attached hydrogens (tertiary/aromatic N) is 2. The molecule has 2 aliphatic heterocycles. The summed E-state index contributed by atoms with van der Waals surface area (Å²) in [5, 5.41) is 0. The van der Waals surface area contributed by atoms with Gasteiger partial charge in [-0.2, -0.15) is 0 Å². The van der Waals surface area contributed by atoms with Gasteiger partial charge in [0.05, 0.1) is 4.90 Å². The Labute approximate surface area is 113 Å². The van der Waals surface area contributed by atoms with E-state index in [-0.39, 0.29) is 16.8 Å². The lowest BCUT2D eigenvalue weighted by atomic mass is 10.1. The Morgan fingerprint density at radius 2 is 2.21 bits per heavy atom. The Balaban J connectivity index is 1.79. The Morgan fingerprint density at radius 3 is 3.00 bits per heavy atom. The molecule has 3 rings (SSSR count). The molecule has 19 heavy (non-hydrogen) atoms. The minimum Gasteiger partial charge on any atom is -0.384 e. The first-order chi connectivity index (χ1) is 9.06. The van der Waals surface area contributed by atoms with E-state index in [1.165, 1.54) is 18.3 Å². The first-order valence-electron chi connectivity index (χ1n) is 6.54. The molecule has 0 aromatic carbocycles. The molecule has 0 bridgehead atoms. The standard InChI is InChI=1S/C12H18N4O2S/c13-12-8-9(3-5-14-12)19(17,18)15-10-4-7-16-6-1-2-11(10)16/h3,5,8,10-11,15H,1-2,4,6-7H2,(H2,13,14). The van der Waals surface area contributed by atoms with Gasteiger partial charge in [-0.25, -0.2) is 18.1 Å². The molecule has 104 valence electrons. The lowest BCUT2D eigenvalue weighted by Crippen LogP contribution is -2.42. The molecule has 6 nitrogen and oxygen atoms in total. The van der Waals surface area contributed by atoms with E-state index in [4.69, 9.17) is 5.73 Å². The van der Waals surface area contributed by atoms with Crippen molar-refractivity contribution in [1.29, 1.82) is 0 Å². The smallest absolute Gasteiger partial charge is 0.241 e. The van der Waals surface area contributed by atoms with Crippen LogP contribution in [0.4, 0.5) is 5.82 Å². The molecule has 0 spiro atoms. The van der Waals surface area contributed by atoms with Crippen LogP contribution in [0.5, 0.6) is 0 Å². The van der Waals surface area contributed by atoms with Crippen molar-refractivity contribution in [2.24, 2.45) is 0 Å². The van der Waals surface area contributed by atoms with E-state index in [1.54, 1.807) is 0 Å². The molecule has 2 atom stereocenters. The molecule has 0 amide bonds. The molecule has 3 N–H and O–H groups in total. The van der Waals surface area contributed by atoms with Gasteiger partial charge in [-0.1, -0.05) is 0 Å². The molecule has 1 aromatic rings. The summed E-state index contributed by atoms with van der Waals surface area (Å²) < 4.78 is 27.4. The fourth-order valence-electron chi connectivity index (χ4n) is 3.08. The molecule has 1 aromatic heterocycles. The van der Waals surface area contributed by atoms with Gasteiger partial charge in [0.25, 0.3) is 0 Å². The third kappa shape index (κ3) is 2.45. The van der Waals surface area contributed by atoms with E-state index in [9.17, 15) is 8.42 Å². The van der Waals surface area contributed by atoms with Crippen molar-refractivity contribution >= 4 is 15.8 Å². The van der Waals surface area contributed by atoms with E-state index in [0.717, 1.165) is 32.4 Å². The maximum Gasteiger partial charge on any atom is 0.241 e. The lowest BCUT2D eigenvalue weighted by Gasteiger charge is -2.21. The van der Waals surface area contributed by atoms with Gasteiger partial charge in [-0.15, -0.1) is 0 Å². The normalized spacial score (nSPS) is 27.6. The van der Waals surface area contributed by atoms with Crippen molar-refractivity contribution in [2.75, 3.05) is 18.8 Å². The van der Waals surface area contributed by atoms with E-state index >= 15 is 0 Å². The van der Waals surface area contributed by atoms with Crippen LogP contribution < -0.4 is 10.5 Å². The zero-order valence-corrected chi connectivity index (χ0v) is 11.4. The van der Waals surface area contributed by atoms with Gasteiger partial charge in [0.2, 0.25) is 10.0 Å². The summed E-state index contributed by atoms with van der Waals surface area (Å²) in [6, 6.07) is 3.24. The Bertz CT molecular complexity index is 575. The summed E-state index contributed by atoms with van der Waals surface area (Å²) in [5.74, 6) is 0.219. The van der Waals surface area contributed by atoms with Crippen molar-refractivity contribution < 1.29 is 8.42 Å². The van der Waals surface area contributed by atoms with Crippen LogP contribution in [0.15, 0.2) is 23.2 Å². The average molecular weight is 282 g/mol. The van der Waals surface area contributed by atoms with Crippen LogP contribution in [0.2, 0.25) is 0 Å². The number of pyridine rings is 1. The van der Waals surface area contributed by atoms with E-state index in [0.29, 0.717) is 6.04 Å². The average Bonchev–Trinajstić information content (AvgIpc) is 2.94. The zero-order valence-electron chi connectivity index (χ0n) is 10.6. The van der Waals surface area contributed by atoms with E-state index in [1.807, 2.05) is 0 Å². The maximum atomic E-state index is 12.3. The highest BCUT2D eigenvalue weighted by Crippen LogP contribution is 2.28. The number of nitrogens with one attached hydrogen (secondary N) is 1. The number of nitrogen functional groups attached to an aromatic ring is 1. The second kappa shape index (κ2) is 4.73. The fraction of sp³-hybridized carbons (Fsp3) is 0.583. The van der Waals surface area contributed by atoms with E-state index in [2.05, 4.69) is 14.6 Å². The Hall–Kier alpha value is -1.18. The van der Waals surface area contributed by atoms with Gasteiger partial charge in [0.1, 0.15) is 5.82 Å². The number of sulfonamides is 1. The van der Waals surface area contributed by atoms with Gasteiger partial charge in [0, 0.05) is 30.9 Å². The predicted octanol–water partition coefficient (Wildman–Crippen LogP) is 0.179. The van der Waals surface area contributed by atoms with Crippen LogP contribution in [0.1, 0.15) is 19.3 Å². The topological polar surface area (TPSA) is 88.3 Å². The second-order valence-electron chi connectivity index (χ2n) is 5.18. The summed E-state index contributed by atoms with van der Waals surface area (Å²) in [7, 11) is -3.50.